The number of halogens is 1. The fraction of sp³-hybridized carbons (Fsp3) is 0.643. The number of hydrogen-bond acceptors (Lipinski definition) is 3. The molecule has 0 spiro atoms. The van der Waals surface area contributed by atoms with Crippen LogP contribution in [0, 0.1) is 5.92 Å². The van der Waals surface area contributed by atoms with Crippen molar-refractivity contribution in [2.24, 2.45) is 10.9 Å². The van der Waals surface area contributed by atoms with Gasteiger partial charge in [0, 0.05) is 39.6 Å². The van der Waals surface area contributed by atoms with Crippen LogP contribution in [0.25, 0.3) is 0 Å². The first kappa shape index (κ1) is 18.7. The van der Waals surface area contributed by atoms with Crippen LogP contribution < -0.4 is 10.6 Å². The summed E-state index contributed by atoms with van der Waals surface area (Å²) in [5.74, 6) is 1.32. The third-order valence-corrected chi connectivity index (χ3v) is 4.02. The number of imidazole rings is 1. The van der Waals surface area contributed by atoms with Crippen LogP contribution in [0.3, 0.4) is 0 Å². The molecule has 0 aromatic carbocycles. The topological polar surface area (TPSA) is 74.6 Å². The normalized spacial score (nSPS) is 22.0. The van der Waals surface area contributed by atoms with Gasteiger partial charge >= 0.3 is 0 Å². The number of hydrogen-bond donors (Lipinski definition) is 2. The fourth-order valence-electron chi connectivity index (χ4n) is 2.68. The van der Waals surface area contributed by atoms with E-state index in [-0.39, 0.29) is 36.4 Å². The fourth-order valence-corrected chi connectivity index (χ4v) is 2.68. The zero-order chi connectivity index (χ0) is 15.2. The summed E-state index contributed by atoms with van der Waals surface area (Å²) >= 11 is 0. The lowest BCUT2D eigenvalue weighted by atomic mass is 9.93. The Morgan fingerprint density at radius 2 is 2.27 bits per heavy atom. The number of amides is 1. The number of carbonyl (C=O) groups excluding carboxylic acids is 1. The zero-order valence-electron chi connectivity index (χ0n) is 13.3. The molecule has 0 bridgehead atoms. The van der Waals surface area contributed by atoms with Crippen LogP contribution in [0.4, 0.5) is 0 Å². The molecule has 0 aliphatic carbocycles. The lowest BCUT2D eigenvalue weighted by Gasteiger charge is -2.39. The van der Waals surface area contributed by atoms with Gasteiger partial charge in [0.1, 0.15) is 0 Å². The second-order valence-electron chi connectivity index (χ2n) is 5.36. The monoisotopic (exact) mass is 420 g/mol. The number of piperidine rings is 1. The Hall–Kier alpha value is -1.32. The predicted molar refractivity (Wildman–Crippen MR) is 97.5 cm³/mol. The number of aliphatic imine (C=N–C) groups is 1. The molecule has 2 atom stereocenters. The Morgan fingerprint density at radius 1 is 1.50 bits per heavy atom. The second kappa shape index (κ2) is 8.96. The summed E-state index contributed by atoms with van der Waals surface area (Å²) in [7, 11) is 3.38. The van der Waals surface area contributed by atoms with E-state index >= 15 is 0 Å². The van der Waals surface area contributed by atoms with Crippen molar-refractivity contribution in [3.05, 3.63) is 18.7 Å². The molecular formula is C14H25IN6O. The number of carbonyl (C=O) groups is 1. The number of nitrogens with zero attached hydrogens (tertiary/aromatic N) is 4. The van der Waals surface area contributed by atoms with Gasteiger partial charge in [-0.25, -0.2) is 4.98 Å². The third kappa shape index (κ3) is 4.59. The Balaban J connectivity index is 0.00000242. The summed E-state index contributed by atoms with van der Waals surface area (Å²) in [6, 6.07) is 0.375. The summed E-state index contributed by atoms with van der Waals surface area (Å²) < 4.78 is 2.16. The third-order valence-electron chi connectivity index (χ3n) is 4.02. The Bertz CT molecular complexity index is 490. The van der Waals surface area contributed by atoms with Crippen molar-refractivity contribution in [2.75, 3.05) is 33.7 Å². The molecule has 1 saturated heterocycles. The number of guanidine groups is 1. The molecule has 2 N–H and O–H groups in total. The lowest BCUT2D eigenvalue weighted by Crippen LogP contribution is -2.50. The van der Waals surface area contributed by atoms with Crippen molar-refractivity contribution in [1.29, 1.82) is 0 Å². The van der Waals surface area contributed by atoms with Gasteiger partial charge in [-0.1, -0.05) is 6.92 Å². The highest BCUT2D eigenvalue weighted by Gasteiger charge is 2.28. The summed E-state index contributed by atoms with van der Waals surface area (Å²) in [5, 5.41) is 5.71. The summed E-state index contributed by atoms with van der Waals surface area (Å²) in [6.07, 6.45) is 6.77. The molecule has 8 heteroatoms. The standard InChI is InChI=1S/C14H24N6O.HI/c1-11-4-6-19(9-12(11)20-7-5-17-10-20)14(16-3)18-8-13(21)15-2;/h5,7,10-12H,4,6,8-9H2,1-3H3,(H,15,21)(H,16,18);1H. The van der Waals surface area contributed by atoms with Crippen LogP contribution >= 0.6 is 24.0 Å². The van der Waals surface area contributed by atoms with E-state index in [2.05, 4.69) is 37.0 Å². The van der Waals surface area contributed by atoms with Crippen molar-refractivity contribution in [2.45, 2.75) is 19.4 Å². The van der Waals surface area contributed by atoms with Gasteiger partial charge in [-0.3, -0.25) is 9.79 Å². The molecule has 0 saturated carbocycles. The van der Waals surface area contributed by atoms with Gasteiger partial charge < -0.3 is 20.1 Å². The molecule has 2 rings (SSSR count). The van der Waals surface area contributed by atoms with E-state index in [1.807, 2.05) is 18.7 Å². The SMILES string of the molecule is CN=C(NCC(=O)NC)N1CCC(C)C(n2ccnc2)C1.I. The van der Waals surface area contributed by atoms with Crippen LogP contribution in [0.5, 0.6) is 0 Å². The molecule has 0 radical (unpaired) electrons. The maximum Gasteiger partial charge on any atom is 0.239 e. The van der Waals surface area contributed by atoms with E-state index in [9.17, 15) is 4.79 Å². The number of aromatic nitrogens is 2. The molecule has 1 amide bonds. The average molecular weight is 420 g/mol. The molecular weight excluding hydrogens is 395 g/mol. The van der Waals surface area contributed by atoms with Crippen molar-refractivity contribution >= 4 is 35.8 Å². The molecule has 1 aromatic heterocycles. The molecule has 1 fully saturated rings. The highest BCUT2D eigenvalue weighted by atomic mass is 127. The van der Waals surface area contributed by atoms with E-state index in [0.717, 1.165) is 25.5 Å². The number of likely N-dealkylation sites (tertiary alicyclic amines) is 1. The van der Waals surface area contributed by atoms with E-state index in [4.69, 9.17) is 0 Å². The Labute approximate surface area is 148 Å². The minimum absolute atomic E-state index is 0. The van der Waals surface area contributed by atoms with Crippen LogP contribution in [0.15, 0.2) is 23.7 Å². The minimum Gasteiger partial charge on any atom is -0.358 e. The Kier molecular flexibility index (Phi) is 7.63. The molecule has 124 valence electrons. The summed E-state index contributed by atoms with van der Waals surface area (Å²) in [5.41, 5.74) is 0. The summed E-state index contributed by atoms with van der Waals surface area (Å²) in [6.45, 7) is 4.32. The smallest absolute Gasteiger partial charge is 0.239 e. The average Bonchev–Trinajstić information content (AvgIpc) is 3.03. The maximum absolute atomic E-state index is 11.4. The Morgan fingerprint density at radius 3 is 2.86 bits per heavy atom. The lowest BCUT2D eigenvalue weighted by molar-refractivity contribution is -0.119. The van der Waals surface area contributed by atoms with Gasteiger partial charge in [0.15, 0.2) is 5.96 Å². The van der Waals surface area contributed by atoms with E-state index in [1.54, 1.807) is 14.1 Å². The first-order valence-electron chi connectivity index (χ1n) is 7.29. The van der Waals surface area contributed by atoms with Crippen LogP contribution in [-0.4, -0.2) is 60.0 Å². The van der Waals surface area contributed by atoms with Crippen molar-refractivity contribution in [1.82, 2.24) is 25.1 Å². The zero-order valence-corrected chi connectivity index (χ0v) is 15.7. The quantitative estimate of drug-likeness (QED) is 0.429. The molecule has 1 aromatic rings. The minimum atomic E-state index is -0.0484. The van der Waals surface area contributed by atoms with Crippen molar-refractivity contribution < 1.29 is 4.79 Å². The van der Waals surface area contributed by atoms with Gasteiger partial charge in [-0.05, 0) is 12.3 Å². The maximum atomic E-state index is 11.4. The molecule has 7 nitrogen and oxygen atoms in total. The largest absolute Gasteiger partial charge is 0.358 e. The first-order chi connectivity index (χ1) is 10.2. The van der Waals surface area contributed by atoms with Crippen molar-refractivity contribution in [3.63, 3.8) is 0 Å². The van der Waals surface area contributed by atoms with E-state index in [1.165, 1.54) is 0 Å². The molecule has 22 heavy (non-hydrogen) atoms. The van der Waals surface area contributed by atoms with Crippen molar-refractivity contribution in [3.8, 4) is 0 Å². The van der Waals surface area contributed by atoms with E-state index in [0.29, 0.717) is 12.0 Å². The second-order valence-corrected chi connectivity index (χ2v) is 5.36. The highest BCUT2D eigenvalue weighted by molar-refractivity contribution is 14.0. The summed E-state index contributed by atoms with van der Waals surface area (Å²) in [4.78, 5) is 22.0. The number of rotatable bonds is 3. The molecule has 1 aliphatic rings. The van der Waals surface area contributed by atoms with E-state index < -0.39 is 0 Å². The first-order valence-corrected chi connectivity index (χ1v) is 7.29. The van der Waals surface area contributed by atoms with Crippen LogP contribution in [-0.2, 0) is 4.79 Å². The molecule has 2 unspecified atom stereocenters. The number of nitrogens with one attached hydrogen (secondary N) is 2. The number of likely N-dealkylation sites (N-methyl/N-ethyl adjacent to an activating group) is 1. The predicted octanol–water partition coefficient (Wildman–Crippen LogP) is 0.705. The highest BCUT2D eigenvalue weighted by Crippen LogP contribution is 2.27. The molecule has 1 aliphatic heterocycles. The van der Waals surface area contributed by atoms with Gasteiger partial charge in [0.05, 0.1) is 18.9 Å². The van der Waals surface area contributed by atoms with Crippen LogP contribution in [0.2, 0.25) is 0 Å². The molecule has 2 heterocycles. The van der Waals surface area contributed by atoms with Gasteiger partial charge in [0.25, 0.3) is 0 Å². The van der Waals surface area contributed by atoms with Gasteiger partial charge in [-0.15, -0.1) is 24.0 Å². The van der Waals surface area contributed by atoms with Gasteiger partial charge in [0.2, 0.25) is 5.91 Å². The van der Waals surface area contributed by atoms with Crippen LogP contribution in [0.1, 0.15) is 19.4 Å². The van der Waals surface area contributed by atoms with Gasteiger partial charge in [-0.2, -0.15) is 0 Å².